The summed E-state index contributed by atoms with van der Waals surface area (Å²) in [4.78, 5) is 12.8. The fourth-order valence-electron chi connectivity index (χ4n) is 2.83. The number of rotatable bonds is 7. The third kappa shape index (κ3) is 5.50. The number of halogens is 2. The summed E-state index contributed by atoms with van der Waals surface area (Å²) in [5.74, 6) is -0.131. The van der Waals surface area contributed by atoms with Crippen LogP contribution >= 0.6 is 23.2 Å². The van der Waals surface area contributed by atoms with Gasteiger partial charge in [0.25, 0.3) is 10.0 Å². The standard InChI is InChI=1S/C22H20Cl2N2O4S/c1-15-3-10-19(11-4-15)31(28,29)26(18-9-12-21(30-2)20(24)13-18)14-22(27)25-17-7-5-16(23)6-8-17/h3-13H,14H2,1-2H3,(H,25,27). The molecule has 3 rings (SSSR count). The van der Waals surface area contributed by atoms with E-state index >= 15 is 0 Å². The number of anilines is 2. The average Bonchev–Trinajstić information content (AvgIpc) is 2.74. The number of hydrogen-bond donors (Lipinski definition) is 1. The van der Waals surface area contributed by atoms with Crippen LogP contribution in [0, 0.1) is 6.92 Å². The highest BCUT2D eigenvalue weighted by atomic mass is 35.5. The lowest BCUT2D eigenvalue weighted by atomic mass is 10.2. The van der Waals surface area contributed by atoms with Crippen LogP contribution in [0.3, 0.4) is 0 Å². The van der Waals surface area contributed by atoms with Crippen LogP contribution in [-0.2, 0) is 14.8 Å². The minimum Gasteiger partial charge on any atom is -0.495 e. The van der Waals surface area contributed by atoms with Crippen LogP contribution < -0.4 is 14.4 Å². The Morgan fingerprint density at radius 2 is 1.65 bits per heavy atom. The Morgan fingerprint density at radius 3 is 2.23 bits per heavy atom. The van der Waals surface area contributed by atoms with Crippen LogP contribution in [-0.4, -0.2) is 28.0 Å². The number of carbonyl (C=O) groups is 1. The van der Waals surface area contributed by atoms with Gasteiger partial charge in [-0.05, 0) is 61.5 Å². The highest BCUT2D eigenvalue weighted by Crippen LogP contribution is 2.32. The van der Waals surface area contributed by atoms with E-state index in [1.807, 2.05) is 6.92 Å². The maximum atomic E-state index is 13.4. The van der Waals surface area contributed by atoms with Crippen molar-refractivity contribution in [2.75, 3.05) is 23.3 Å². The molecule has 162 valence electrons. The number of hydrogen-bond acceptors (Lipinski definition) is 4. The number of nitrogens with one attached hydrogen (secondary N) is 1. The van der Waals surface area contributed by atoms with Gasteiger partial charge in [-0.15, -0.1) is 0 Å². The van der Waals surface area contributed by atoms with Crippen molar-refractivity contribution in [3.8, 4) is 5.75 Å². The minimum atomic E-state index is -4.05. The van der Waals surface area contributed by atoms with Crippen molar-refractivity contribution in [1.82, 2.24) is 0 Å². The van der Waals surface area contributed by atoms with Gasteiger partial charge in [-0.2, -0.15) is 0 Å². The summed E-state index contributed by atoms with van der Waals surface area (Å²) in [6.07, 6.45) is 0. The normalized spacial score (nSPS) is 11.1. The van der Waals surface area contributed by atoms with Gasteiger partial charge in [-0.25, -0.2) is 8.42 Å². The summed E-state index contributed by atoms with van der Waals surface area (Å²) in [5, 5.41) is 3.42. The van der Waals surface area contributed by atoms with Crippen molar-refractivity contribution < 1.29 is 17.9 Å². The summed E-state index contributed by atoms with van der Waals surface area (Å²) in [6.45, 7) is 1.40. The largest absolute Gasteiger partial charge is 0.495 e. The van der Waals surface area contributed by atoms with Gasteiger partial charge in [0.1, 0.15) is 12.3 Å². The first kappa shape index (κ1) is 22.9. The van der Waals surface area contributed by atoms with Gasteiger partial charge in [-0.3, -0.25) is 9.10 Å². The van der Waals surface area contributed by atoms with Crippen molar-refractivity contribution >= 4 is 50.5 Å². The van der Waals surface area contributed by atoms with E-state index in [0.717, 1.165) is 9.87 Å². The topological polar surface area (TPSA) is 75.7 Å². The minimum absolute atomic E-state index is 0.0596. The molecule has 9 heteroatoms. The second kappa shape index (κ2) is 9.60. The monoisotopic (exact) mass is 478 g/mol. The molecule has 0 aliphatic heterocycles. The number of benzene rings is 3. The molecule has 1 amide bonds. The number of methoxy groups -OCH3 is 1. The first-order valence-electron chi connectivity index (χ1n) is 9.19. The smallest absolute Gasteiger partial charge is 0.264 e. The van der Waals surface area contributed by atoms with Crippen molar-refractivity contribution in [2.24, 2.45) is 0 Å². The van der Waals surface area contributed by atoms with E-state index in [1.54, 1.807) is 42.5 Å². The Balaban J connectivity index is 1.97. The zero-order chi connectivity index (χ0) is 22.6. The van der Waals surface area contributed by atoms with Gasteiger partial charge >= 0.3 is 0 Å². The second-order valence-corrected chi connectivity index (χ2v) is 9.40. The third-order valence-corrected chi connectivity index (χ3v) is 6.78. The van der Waals surface area contributed by atoms with Crippen LogP contribution in [0.4, 0.5) is 11.4 Å². The van der Waals surface area contributed by atoms with Crippen LogP contribution in [0.25, 0.3) is 0 Å². The molecule has 0 aliphatic rings. The van der Waals surface area contributed by atoms with E-state index < -0.39 is 22.5 Å². The molecule has 6 nitrogen and oxygen atoms in total. The number of sulfonamides is 1. The Bertz CT molecular complexity index is 1180. The zero-order valence-corrected chi connectivity index (χ0v) is 19.1. The summed E-state index contributed by atoms with van der Waals surface area (Å²) in [7, 11) is -2.59. The van der Waals surface area contributed by atoms with Crippen molar-refractivity contribution in [2.45, 2.75) is 11.8 Å². The fraction of sp³-hybridized carbons (Fsp3) is 0.136. The Kier molecular flexibility index (Phi) is 7.10. The Morgan fingerprint density at radius 1 is 1.00 bits per heavy atom. The van der Waals surface area contributed by atoms with E-state index in [4.69, 9.17) is 27.9 Å². The summed E-state index contributed by atoms with van der Waals surface area (Å²) in [6, 6.07) is 17.4. The molecule has 0 spiro atoms. The quantitative estimate of drug-likeness (QED) is 0.509. The maximum absolute atomic E-state index is 13.4. The molecule has 3 aromatic rings. The van der Waals surface area contributed by atoms with Gasteiger partial charge in [0.15, 0.2) is 0 Å². The number of carbonyl (C=O) groups excluding carboxylic acids is 1. The number of nitrogens with zero attached hydrogens (tertiary/aromatic N) is 1. The molecule has 0 saturated heterocycles. The molecule has 0 heterocycles. The molecule has 0 bridgehead atoms. The first-order valence-corrected chi connectivity index (χ1v) is 11.4. The molecule has 31 heavy (non-hydrogen) atoms. The maximum Gasteiger partial charge on any atom is 0.264 e. The van der Waals surface area contributed by atoms with E-state index in [2.05, 4.69) is 5.32 Å². The number of ether oxygens (including phenoxy) is 1. The fourth-order valence-corrected chi connectivity index (χ4v) is 4.62. The molecule has 0 unspecified atom stereocenters. The van der Waals surface area contributed by atoms with Crippen LogP contribution in [0.2, 0.25) is 10.0 Å². The summed E-state index contributed by atoms with van der Waals surface area (Å²) in [5.41, 5.74) is 1.64. The lowest BCUT2D eigenvalue weighted by molar-refractivity contribution is -0.114. The molecule has 0 atom stereocenters. The molecular formula is C22H20Cl2N2O4S. The average molecular weight is 479 g/mol. The summed E-state index contributed by atoms with van der Waals surface area (Å²) >= 11 is 12.1. The van der Waals surface area contributed by atoms with Crippen LogP contribution in [0.15, 0.2) is 71.6 Å². The predicted octanol–water partition coefficient (Wildman–Crippen LogP) is 5.14. The molecule has 0 aromatic heterocycles. The molecule has 3 aromatic carbocycles. The van der Waals surface area contributed by atoms with E-state index in [1.165, 1.54) is 31.4 Å². The molecule has 0 aliphatic carbocycles. The molecule has 1 N–H and O–H groups in total. The van der Waals surface area contributed by atoms with Crippen molar-refractivity contribution in [1.29, 1.82) is 0 Å². The van der Waals surface area contributed by atoms with E-state index in [-0.39, 0.29) is 15.6 Å². The van der Waals surface area contributed by atoms with Crippen molar-refractivity contribution in [3.05, 3.63) is 82.3 Å². The van der Waals surface area contributed by atoms with Gasteiger partial charge < -0.3 is 10.1 Å². The lowest BCUT2D eigenvalue weighted by Gasteiger charge is -2.24. The van der Waals surface area contributed by atoms with Gasteiger partial charge in [0, 0.05) is 10.7 Å². The molecule has 0 radical (unpaired) electrons. The second-order valence-electron chi connectivity index (χ2n) is 6.70. The zero-order valence-electron chi connectivity index (χ0n) is 16.8. The lowest BCUT2D eigenvalue weighted by Crippen LogP contribution is -2.38. The molecule has 0 saturated carbocycles. The first-order chi connectivity index (χ1) is 14.7. The van der Waals surface area contributed by atoms with E-state index in [0.29, 0.717) is 16.5 Å². The molecular weight excluding hydrogens is 459 g/mol. The highest BCUT2D eigenvalue weighted by Gasteiger charge is 2.28. The number of amides is 1. The molecule has 0 fully saturated rings. The predicted molar refractivity (Wildman–Crippen MR) is 124 cm³/mol. The van der Waals surface area contributed by atoms with Gasteiger partial charge in [-0.1, -0.05) is 40.9 Å². The van der Waals surface area contributed by atoms with E-state index in [9.17, 15) is 13.2 Å². The SMILES string of the molecule is COc1ccc(N(CC(=O)Nc2ccc(Cl)cc2)S(=O)(=O)c2ccc(C)cc2)cc1Cl. The Labute approximate surface area is 191 Å². The van der Waals surface area contributed by atoms with Gasteiger partial charge in [0.2, 0.25) is 5.91 Å². The highest BCUT2D eigenvalue weighted by molar-refractivity contribution is 7.92. The number of aryl methyl sites for hydroxylation is 1. The van der Waals surface area contributed by atoms with Crippen LogP contribution in [0.1, 0.15) is 5.56 Å². The van der Waals surface area contributed by atoms with Crippen LogP contribution in [0.5, 0.6) is 5.75 Å². The van der Waals surface area contributed by atoms with Gasteiger partial charge in [0.05, 0.1) is 22.7 Å². The third-order valence-electron chi connectivity index (χ3n) is 4.45. The Hall–Kier alpha value is -2.74. The summed E-state index contributed by atoms with van der Waals surface area (Å²) < 4.78 is 32.9. The van der Waals surface area contributed by atoms with Crippen molar-refractivity contribution in [3.63, 3.8) is 0 Å².